The molecule has 1 aliphatic carbocycles. The Hall–Kier alpha value is -1.07. The Balaban J connectivity index is 0.00000200. The molecule has 0 bridgehead atoms. The van der Waals surface area contributed by atoms with Gasteiger partial charge in [-0.1, -0.05) is 20.3 Å². The Morgan fingerprint density at radius 1 is 1.55 bits per heavy atom. The lowest BCUT2D eigenvalue weighted by Gasteiger charge is -2.18. The van der Waals surface area contributed by atoms with Crippen molar-refractivity contribution in [2.75, 3.05) is 6.54 Å². The van der Waals surface area contributed by atoms with Gasteiger partial charge in [0.1, 0.15) is 5.69 Å². The number of carbonyl (C=O) groups excluding carboxylic acids is 1. The van der Waals surface area contributed by atoms with E-state index in [9.17, 15) is 4.79 Å². The molecular weight excluding hydrogens is 276 g/mol. The number of rotatable bonds is 4. The van der Waals surface area contributed by atoms with E-state index in [1.54, 1.807) is 4.68 Å². The molecule has 20 heavy (non-hydrogen) atoms. The van der Waals surface area contributed by atoms with E-state index >= 15 is 0 Å². The van der Waals surface area contributed by atoms with Crippen LogP contribution in [0.4, 0.5) is 0 Å². The minimum absolute atomic E-state index is 0. The predicted octanol–water partition coefficient (Wildman–Crippen LogP) is 1.82. The number of hydrogen-bond acceptors (Lipinski definition) is 3. The molecule has 5 nitrogen and oxygen atoms in total. The lowest BCUT2D eigenvalue weighted by molar-refractivity contribution is 0.0923. The maximum atomic E-state index is 12.2. The number of aryl methyl sites for hydroxylation is 1. The molecular formula is C14H25ClN4O. The number of carbonyl (C=O) groups is 1. The summed E-state index contributed by atoms with van der Waals surface area (Å²) in [6, 6.07) is 2.09. The summed E-state index contributed by atoms with van der Waals surface area (Å²) in [5, 5.41) is 7.38. The van der Waals surface area contributed by atoms with Crippen molar-refractivity contribution in [3.63, 3.8) is 0 Å². The minimum Gasteiger partial charge on any atom is -0.348 e. The van der Waals surface area contributed by atoms with Crippen molar-refractivity contribution in [1.29, 1.82) is 0 Å². The van der Waals surface area contributed by atoms with Crippen LogP contribution in [0, 0.1) is 5.92 Å². The van der Waals surface area contributed by atoms with E-state index in [1.165, 1.54) is 0 Å². The molecule has 2 atom stereocenters. The number of nitrogens with one attached hydrogen (secondary N) is 1. The van der Waals surface area contributed by atoms with Gasteiger partial charge < -0.3 is 11.1 Å². The molecule has 0 aromatic carbocycles. The van der Waals surface area contributed by atoms with Gasteiger partial charge in [-0.25, -0.2) is 0 Å². The number of nitrogens with two attached hydrogens (primary N) is 1. The smallest absolute Gasteiger partial charge is 0.272 e. The molecule has 0 saturated heterocycles. The van der Waals surface area contributed by atoms with Gasteiger partial charge in [0.15, 0.2) is 0 Å². The lowest BCUT2D eigenvalue weighted by atomic mass is 10.0. The molecule has 0 aliphatic heterocycles. The first-order valence-corrected chi connectivity index (χ1v) is 7.07. The highest BCUT2D eigenvalue weighted by Gasteiger charge is 2.28. The van der Waals surface area contributed by atoms with E-state index in [4.69, 9.17) is 5.73 Å². The molecule has 2 unspecified atom stereocenters. The molecule has 1 aromatic heterocycles. The molecule has 1 amide bonds. The molecule has 114 valence electrons. The van der Waals surface area contributed by atoms with Crippen molar-refractivity contribution >= 4 is 18.3 Å². The fourth-order valence-electron chi connectivity index (χ4n) is 2.88. The van der Waals surface area contributed by atoms with Crippen LogP contribution in [-0.4, -0.2) is 28.3 Å². The second-order valence-electron chi connectivity index (χ2n) is 5.74. The number of nitrogens with zero attached hydrogens (tertiary/aromatic N) is 2. The van der Waals surface area contributed by atoms with Gasteiger partial charge in [-0.05, 0) is 37.3 Å². The van der Waals surface area contributed by atoms with E-state index in [1.807, 2.05) is 13.1 Å². The predicted molar refractivity (Wildman–Crippen MR) is 82.2 cm³/mol. The topological polar surface area (TPSA) is 72.9 Å². The largest absolute Gasteiger partial charge is 0.348 e. The zero-order valence-corrected chi connectivity index (χ0v) is 13.2. The zero-order chi connectivity index (χ0) is 14.0. The summed E-state index contributed by atoms with van der Waals surface area (Å²) >= 11 is 0. The Morgan fingerprint density at radius 3 is 2.80 bits per heavy atom. The third kappa shape index (κ3) is 3.52. The van der Waals surface area contributed by atoms with E-state index in [-0.39, 0.29) is 24.4 Å². The fraction of sp³-hybridized carbons (Fsp3) is 0.714. The summed E-state index contributed by atoms with van der Waals surface area (Å²) in [4.78, 5) is 12.2. The second-order valence-corrected chi connectivity index (χ2v) is 5.74. The number of halogens is 1. The molecule has 0 spiro atoms. The zero-order valence-electron chi connectivity index (χ0n) is 12.4. The highest BCUT2D eigenvalue weighted by molar-refractivity contribution is 5.92. The fourth-order valence-corrected chi connectivity index (χ4v) is 2.88. The monoisotopic (exact) mass is 300 g/mol. The van der Waals surface area contributed by atoms with Gasteiger partial charge >= 0.3 is 0 Å². The molecule has 6 heteroatoms. The van der Waals surface area contributed by atoms with E-state index in [0.29, 0.717) is 24.1 Å². The van der Waals surface area contributed by atoms with Crippen LogP contribution in [0.2, 0.25) is 0 Å². The van der Waals surface area contributed by atoms with Crippen LogP contribution in [0.1, 0.15) is 55.2 Å². The van der Waals surface area contributed by atoms with Crippen LogP contribution in [0.5, 0.6) is 0 Å². The maximum absolute atomic E-state index is 12.2. The van der Waals surface area contributed by atoms with Crippen LogP contribution in [-0.2, 0) is 7.05 Å². The van der Waals surface area contributed by atoms with Crippen LogP contribution >= 0.6 is 12.4 Å². The summed E-state index contributed by atoms with van der Waals surface area (Å²) in [5.74, 6) is 0.701. The first-order chi connectivity index (χ1) is 9.02. The molecule has 1 aliphatic rings. The minimum atomic E-state index is -0.0761. The molecule has 0 radical (unpaired) electrons. The highest BCUT2D eigenvalue weighted by Crippen LogP contribution is 2.25. The quantitative estimate of drug-likeness (QED) is 0.891. The van der Waals surface area contributed by atoms with Crippen molar-refractivity contribution in [3.8, 4) is 0 Å². The van der Waals surface area contributed by atoms with Crippen molar-refractivity contribution in [2.45, 2.75) is 45.1 Å². The average Bonchev–Trinajstić information content (AvgIpc) is 2.95. The van der Waals surface area contributed by atoms with Crippen LogP contribution in [0.3, 0.4) is 0 Å². The van der Waals surface area contributed by atoms with Crippen LogP contribution in [0.25, 0.3) is 0 Å². The highest BCUT2D eigenvalue weighted by atomic mass is 35.5. The van der Waals surface area contributed by atoms with Gasteiger partial charge in [0, 0.05) is 18.8 Å². The molecule has 1 heterocycles. The van der Waals surface area contributed by atoms with Gasteiger partial charge in [-0.3, -0.25) is 9.48 Å². The third-order valence-electron chi connectivity index (χ3n) is 4.02. The Kier molecular flexibility index (Phi) is 6.02. The summed E-state index contributed by atoms with van der Waals surface area (Å²) in [7, 11) is 1.88. The van der Waals surface area contributed by atoms with Gasteiger partial charge in [-0.2, -0.15) is 5.10 Å². The summed E-state index contributed by atoms with van der Waals surface area (Å²) in [6.45, 7) is 4.84. The maximum Gasteiger partial charge on any atom is 0.272 e. The molecule has 3 N–H and O–H groups in total. The Morgan fingerprint density at radius 2 is 2.25 bits per heavy atom. The average molecular weight is 301 g/mol. The number of amides is 1. The summed E-state index contributed by atoms with van der Waals surface area (Å²) in [6.07, 6.45) is 3.28. The van der Waals surface area contributed by atoms with Gasteiger partial charge in [0.05, 0.1) is 0 Å². The molecule has 1 fully saturated rings. The summed E-state index contributed by atoms with van der Waals surface area (Å²) in [5.41, 5.74) is 7.32. The first-order valence-electron chi connectivity index (χ1n) is 7.07. The third-order valence-corrected chi connectivity index (χ3v) is 4.02. The van der Waals surface area contributed by atoms with E-state index in [2.05, 4.69) is 24.3 Å². The number of aromatic nitrogens is 2. The van der Waals surface area contributed by atoms with Crippen molar-refractivity contribution in [2.24, 2.45) is 18.7 Å². The normalized spacial score (nSPS) is 21.9. The standard InChI is InChI=1S/C14H24N4O.ClH/c1-9(2)13-7-12(17-18(13)3)14(19)16-11-6-4-5-10(11)8-15;/h7,9-11H,4-6,8,15H2,1-3H3,(H,16,19);1H. The van der Waals surface area contributed by atoms with Crippen LogP contribution < -0.4 is 11.1 Å². The van der Waals surface area contributed by atoms with E-state index in [0.717, 1.165) is 25.0 Å². The van der Waals surface area contributed by atoms with Gasteiger partial charge in [0.25, 0.3) is 5.91 Å². The second kappa shape index (κ2) is 7.09. The van der Waals surface area contributed by atoms with Crippen molar-refractivity contribution in [3.05, 3.63) is 17.5 Å². The number of hydrogen-bond donors (Lipinski definition) is 2. The van der Waals surface area contributed by atoms with Crippen molar-refractivity contribution < 1.29 is 4.79 Å². The van der Waals surface area contributed by atoms with Crippen LogP contribution in [0.15, 0.2) is 6.07 Å². The van der Waals surface area contributed by atoms with Crippen molar-refractivity contribution in [1.82, 2.24) is 15.1 Å². The Bertz CT molecular complexity index is 458. The van der Waals surface area contributed by atoms with E-state index < -0.39 is 0 Å². The van der Waals surface area contributed by atoms with Gasteiger partial charge in [0.2, 0.25) is 0 Å². The molecule has 1 aromatic rings. The summed E-state index contributed by atoms with van der Waals surface area (Å²) < 4.78 is 1.79. The SMILES string of the molecule is CC(C)c1cc(C(=O)NC2CCCC2CN)nn1C.Cl. The Labute approximate surface area is 126 Å². The molecule has 2 rings (SSSR count). The lowest BCUT2D eigenvalue weighted by Crippen LogP contribution is -2.40. The first kappa shape index (κ1) is 17.0. The van der Waals surface area contributed by atoms with Gasteiger partial charge in [-0.15, -0.1) is 12.4 Å². The molecule has 1 saturated carbocycles.